The number of aryl methyl sites for hydroxylation is 1. The van der Waals surface area contributed by atoms with Gasteiger partial charge in [-0.3, -0.25) is 4.79 Å². The van der Waals surface area contributed by atoms with Crippen LogP contribution in [0.5, 0.6) is 0 Å². The van der Waals surface area contributed by atoms with E-state index in [0.717, 1.165) is 12.4 Å². The summed E-state index contributed by atoms with van der Waals surface area (Å²) in [5, 5.41) is 14.3. The van der Waals surface area contributed by atoms with Crippen LogP contribution in [0.4, 0.5) is 0 Å². The summed E-state index contributed by atoms with van der Waals surface area (Å²) in [5.41, 5.74) is 0. The molecule has 0 saturated heterocycles. The minimum atomic E-state index is 0.0153. The molecule has 0 aliphatic rings. The van der Waals surface area contributed by atoms with Crippen molar-refractivity contribution in [3.8, 4) is 0 Å². The van der Waals surface area contributed by atoms with Crippen molar-refractivity contribution in [2.45, 2.75) is 32.1 Å². The molecule has 1 N–H and O–H groups in total. The third-order valence-electron chi connectivity index (χ3n) is 2.18. The Bertz CT molecular complexity index is 340. The van der Waals surface area contributed by atoms with Gasteiger partial charge in [0.2, 0.25) is 5.91 Å². The number of aromatic nitrogens is 4. The zero-order valence-corrected chi connectivity index (χ0v) is 10.6. The van der Waals surface area contributed by atoms with Crippen molar-refractivity contribution in [1.29, 1.82) is 0 Å². The SMILES string of the molecule is CCNC(=O)CC(SC)c1nnnn1CC. The fraction of sp³-hybridized carbons (Fsp3) is 0.778. The number of carbonyl (C=O) groups is 1. The number of hydrogen-bond donors (Lipinski definition) is 1. The summed E-state index contributed by atoms with van der Waals surface area (Å²) in [4.78, 5) is 11.5. The number of amides is 1. The molecule has 0 aliphatic carbocycles. The lowest BCUT2D eigenvalue weighted by Crippen LogP contribution is -2.24. The lowest BCUT2D eigenvalue weighted by atomic mass is 10.2. The maximum absolute atomic E-state index is 11.5. The normalized spacial score (nSPS) is 12.4. The van der Waals surface area contributed by atoms with Crippen molar-refractivity contribution in [3.63, 3.8) is 0 Å². The van der Waals surface area contributed by atoms with E-state index in [4.69, 9.17) is 0 Å². The first-order chi connectivity index (χ1) is 7.72. The lowest BCUT2D eigenvalue weighted by Gasteiger charge is -2.12. The van der Waals surface area contributed by atoms with Crippen LogP contribution in [0.3, 0.4) is 0 Å². The molecule has 1 atom stereocenters. The third kappa shape index (κ3) is 3.19. The van der Waals surface area contributed by atoms with E-state index in [9.17, 15) is 4.79 Å². The smallest absolute Gasteiger partial charge is 0.221 e. The Morgan fingerprint density at radius 2 is 2.31 bits per heavy atom. The fourth-order valence-corrected chi connectivity index (χ4v) is 2.08. The van der Waals surface area contributed by atoms with Crippen LogP contribution in [0.2, 0.25) is 0 Å². The Hall–Kier alpha value is -1.11. The maximum atomic E-state index is 11.5. The number of tetrazole rings is 1. The van der Waals surface area contributed by atoms with Gasteiger partial charge in [-0.2, -0.15) is 11.8 Å². The van der Waals surface area contributed by atoms with E-state index in [1.807, 2.05) is 20.1 Å². The number of thioether (sulfide) groups is 1. The largest absolute Gasteiger partial charge is 0.356 e. The van der Waals surface area contributed by atoms with Gasteiger partial charge in [0.25, 0.3) is 0 Å². The van der Waals surface area contributed by atoms with Gasteiger partial charge in [0.05, 0.1) is 5.25 Å². The van der Waals surface area contributed by atoms with Gasteiger partial charge in [-0.05, 0) is 30.5 Å². The van der Waals surface area contributed by atoms with Gasteiger partial charge in [0.1, 0.15) is 0 Å². The van der Waals surface area contributed by atoms with Gasteiger partial charge in [0, 0.05) is 19.5 Å². The van der Waals surface area contributed by atoms with Crippen LogP contribution in [0.25, 0.3) is 0 Å². The van der Waals surface area contributed by atoms with Gasteiger partial charge in [0.15, 0.2) is 5.82 Å². The summed E-state index contributed by atoms with van der Waals surface area (Å²) in [7, 11) is 0. The van der Waals surface area contributed by atoms with Crippen LogP contribution in [0.1, 0.15) is 31.3 Å². The summed E-state index contributed by atoms with van der Waals surface area (Å²) >= 11 is 1.59. The summed E-state index contributed by atoms with van der Waals surface area (Å²) < 4.78 is 1.72. The average molecular weight is 243 g/mol. The van der Waals surface area contributed by atoms with Crippen LogP contribution < -0.4 is 5.32 Å². The van der Waals surface area contributed by atoms with Crippen LogP contribution >= 0.6 is 11.8 Å². The monoisotopic (exact) mass is 243 g/mol. The quantitative estimate of drug-likeness (QED) is 0.793. The minimum Gasteiger partial charge on any atom is -0.356 e. The molecule has 1 aromatic rings. The predicted molar refractivity (Wildman–Crippen MR) is 63.0 cm³/mol. The topological polar surface area (TPSA) is 72.7 Å². The highest BCUT2D eigenvalue weighted by Gasteiger charge is 2.20. The van der Waals surface area contributed by atoms with Gasteiger partial charge >= 0.3 is 0 Å². The molecule has 6 nitrogen and oxygen atoms in total. The molecule has 0 spiro atoms. The second-order valence-corrected chi connectivity index (χ2v) is 4.28. The number of nitrogens with one attached hydrogen (secondary N) is 1. The first kappa shape index (κ1) is 13.0. The molecule has 7 heteroatoms. The van der Waals surface area contributed by atoms with E-state index in [1.54, 1.807) is 16.4 Å². The van der Waals surface area contributed by atoms with Crippen LogP contribution in [-0.4, -0.2) is 38.9 Å². The number of nitrogens with zero attached hydrogens (tertiary/aromatic N) is 4. The van der Waals surface area contributed by atoms with Crippen LogP contribution in [0, 0.1) is 0 Å². The van der Waals surface area contributed by atoms with E-state index >= 15 is 0 Å². The number of hydrogen-bond acceptors (Lipinski definition) is 5. The number of carbonyl (C=O) groups excluding carboxylic acids is 1. The summed E-state index contributed by atoms with van der Waals surface area (Å²) in [6.45, 7) is 5.25. The summed E-state index contributed by atoms with van der Waals surface area (Å²) in [6.07, 6.45) is 2.37. The van der Waals surface area contributed by atoms with E-state index in [-0.39, 0.29) is 11.2 Å². The molecule has 16 heavy (non-hydrogen) atoms. The van der Waals surface area contributed by atoms with Crippen molar-refractivity contribution < 1.29 is 4.79 Å². The standard InChI is InChI=1S/C9H17N5OS/c1-4-10-8(15)6-7(16-3)9-11-12-13-14(9)5-2/h7H,4-6H2,1-3H3,(H,10,15). The summed E-state index contributed by atoms with van der Waals surface area (Å²) in [5.74, 6) is 0.800. The molecular weight excluding hydrogens is 226 g/mol. The molecule has 0 aliphatic heterocycles. The Morgan fingerprint density at radius 3 is 2.88 bits per heavy atom. The molecule has 90 valence electrons. The van der Waals surface area contributed by atoms with Crippen molar-refractivity contribution in [2.24, 2.45) is 0 Å². The zero-order valence-electron chi connectivity index (χ0n) is 9.80. The average Bonchev–Trinajstić information content (AvgIpc) is 2.74. The molecule has 0 radical (unpaired) electrons. The van der Waals surface area contributed by atoms with Crippen molar-refractivity contribution in [3.05, 3.63) is 5.82 Å². The zero-order chi connectivity index (χ0) is 12.0. The van der Waals surface area contributed by atoms with Crippen molar-refractivity contribution in [2.75, 3.05) is 12.8 Å². The van der Waals surface area contributed by atoms with E-state index in [2.05, 4.69) is 20.8 Å². The molecule has 1 aromatic heterocycles. The van der Waals surface area contributed by atoms with Crippen LogP contribution in [0.15, 0.2) is 0 Å². The molecule has 0 saturated carbocycles. The van der Waals surface area contributed by atoms with Gasteiger partial charge < -0.3 is 5.32 Å². The van der Waals surface area contributed by atoms with Gasteiger partial charge in [-0.1, -0.05) is 0 Å². The Labute approximate surface area is 99.2 Å². The Morgan fingerprint density at radius 1 is 1.56 bits per heavy atom. The van der Waals surface area contributed by atoms with Gasteiger partial charge in [-0.15, -0.1) is 5.10 Å². The highest BCUT2D eigenvalue weighted by molar-refractivity contribution is 7.98. The first-order valence-corrected chi connectivity index (χ1v) is 6.57. The molecule has 0 fully saturated rings. The molecule has 1 amide bonds. The summed E-state index contributed by atoms with van der Waals surface area (Å²) in [6, 6.07) is 0. The molecule has 0 aromatic carbocycles. The third-order valence-corrected chi connectivity index (χ3v) is 3.12. The highest BCUT2D eigenvalue weighted by Crippen LogP contribution is 2.27. The second kappa shape index (κ2) is 6.47. The minimum absolute atomic E-state index is 0.0153. The molecular formula is C9H17N5OS. The molecule has 0 bridgehead atoms. The predicted octanol–water partition coefficient (Wildman–Crippen LogP) is 0.623. The Kier molecular flexibility index (Phi) is 5.24. The van der Waals surface area contributed by atoms with Crippen LogP contribution in [-0.2, 0) is 11.3 Å². The molecule has 1 rings (SSSR count). The van der Waals surface area contributed by atoms with E-state index in [1.165, 1.54) is 0 Å². The molecule has 1 heterocycles. The maximum Gasteiger partial charge on any atom is 0.221 e. The lowest BCUT2D eigenvalue weighted by molar-refractivity contribution is -0.121. The van der Waals surface area contributed by atoms with Crippen molar-refractivity contribution >= 4 is 17.7 Å². The van der Waals surface area contributed by atoms with E-state index < -0.39 is 0 Å². The molecule has 1 unspecified atom stereocenters. The van der Waals surface area contributed by atoms with Crippen molar-refractivity contribution in [1.82, 2.24) is 25.5 Å². The Balaban J connectivity index is 2.70. The van der Waals surface area contributed by atoms with E-state index in [0.29, 0.717) is 13.0 Å². The van der Waals surface area contributed by atoms with Gasteiger partial charge in [-0.25, -0.2) is 4.68 Å². The number of rotatable bonds is 6. The second-order valence-electron chi connectivity index (χ2n) is 3.23. The first-order valence-electron chi connectivity index (χ1n) is 5.28. The fourth-order valence-electron chi connectivity index (χ4n) is 1.39. The highest BCUT2D eigenvalue weighted by atomic mass is 32.2.